The molecule has 1 heterocycles. The first kappa shape index (κ1) is 10.4. The summed E-state index contributed by atoms with van der Waals surface area (Å²) in [5, 5.41) is 2.89. The van der Waals surface area contributed by atoms with E-state index in [1.807, 2.05) is 19.9 Å². The molecule has 76 valence electrons. The van der Waals surface area contributed by atoms with Crippen LogP contribution in [0, 0.1) is 5.95 Å². The first-order valence-corrected chi connectivity index (χ1v) is 4.24. The Balaban J connectivity index is 2.68. The Labute approximate surface area is 82.1 Å². The molecule has 0 aliphatic rings. The molecule has 0 aliphatic heterocycles. The van der Waals surface area contributed by atoms with Gasteiger partial charge in [0.2, 0.25) is 5.95 Å². The summed E-state index contributed by atoms with van der Waals surface area (Å²) in [6.07, 6.45) is 3.09. The van der Waals surface area contributed by atoms with Gasteiger partial charge in [-0.15, -0.1) is 0 Å². The van der Waals surface area contributed by atoms with Gasteiger partial charge >= 0.3 is 0 Å². The number of hydrogen-bond donors (Lipinski definition) is 2. The fourth-order valence-electron chi connectivity index (χ4n) is 0.867. The zero-order valence-corrected chi connectivity index (χ0v) is 8.21. The SMILES string of the molecule is CC(C)=CCNc1ncnc(F)c1N. The second-order valence-electron chi connectivity index (χ2n) is 3.09. The van der Waals surface area contributed by atoms with Crippen LogP contribution in [0.25, 0.3) is 0 Å². The van der Waals surface area contributed by atoms with Crippen molar-refractivity contribution in [2.75, 3.05) is 17.6 Å². The average Bonchev–Trinajstić information content (AvgIpc) is 2.12. The maximum absolute atomic E-state index is 12.8. The lowest BCUT2D eigenvalue weighted by atomic mass is 10.3. The van der Waals surface area contributed by atoms with Crippen molar-refractivity contribution in [3.8, 4) is 0 Å². The Kier molecular flexibility index (Phi) is 3.39. The van der Waals surface area contributed by atoms with Crippen molar-refractivity contribution >= 4 is 11.5 Å². The van der Waals surface area contributed by atoms with Crippen LogP contribution >= 0.6 is 0 Å². The normalized spacial score (nSPS) is 9.64. The van der Waals surface area contributed by atoms with Gasteiger partial charge in [-0.05, 0) is 13.8 Å². The van der Waals surface area contributed by atoms with Crippen LogP contribution in [-0.2, 0) is 0 Å². The molecule has 0 spiro atoms. The third kappa shape index (κ3) is 2.69. The number of rotatable bonds is 3. The molecule has 14 heavy (non-hydrogen) atoms. The molecule has 0 aliphatic carbocycles. The van der Waals surface area contributed by atoms with Crippen molar-refractivity contribution in [2.24, 2.45) is 0 Å². The third-order valence-electron chi connectivity index (χ3n) is 1.62. The molecule has 0 bridgehead atoms. The quantitative estimate of drug-likeness (QED) is 0.569. The van der Waals surface area contributed by atoms with E-state index in [0.29, 0.717) is 12.4 Å². The zero-order chi connectivity index (χ0) is 10.6. The summed E-state index contributed by atoms with van der Waals surface area (Å²) in [7, 11) is 0. The summed E-state index contributed by atoms with van der Waals surface area (Å²) in [4.78, 5) is 7.14. The Morgan fingerprint density at radius 3 is 2.93 bits per heavy atom. The van der Waals surface area contributed by atoms with Gasteiger partial charge in [0.1, 0.15) is 12.0 Å². The van der Waals surface area contributed by atoms with Crippen LogP contribution in [0.15, 0.2) is 18.0 Å². The van der Waals surface area contributed by atoms with Crippen molar-refractivity contribution in [1.29, 1.82) is 0 Å². The van der Waals surface area contributed by atoms with E-state index in [1.54, 1.807) is 0 Å². The van der Waals surface area contributed by atoms with Crippen LogP contribution in [0.4, 0.5) is 15.9 Å². The van der Waals surface area contributed by atoms with Gasteiger partial charge in [0.15, 0.2) is 5.82 Å². The van der Waals surface area contributed by atoms with Crippen LogP contribution < -0.4 is 11.1 Å². The van der Waals surface area contributed by atoms with E-state index >= 15 is 0 Å². The molecular formula is C9H13FN4. The van der Waals surface area contributed by atoms with Crippen LogP contribution in [0.2, 0.25) is 0 Å². The highest BCUT2D eigenvalue weighted by molar-refractivity contribution is 5.60. The average molecular weight is 196 g/mol. The first-order valence-electron chi connectivity index (χ1n) is 4.24. The van der Waals surface area contributed by atoms with E-state index < -0.39 is 5.95 Å². The monoisotopic (exact) mass is 196 g/mol. The molecule has 0 amide bonds. The number of hydrogen-bond acceptors (Lipinski definition) is 4. The lowest BCUT2D eigenvalue weighted by molar-refractivity contribution is 0.585. The summed E-state index contributed by atoms with van der Waals surface area (Å²) in [5.74, 6) is -0.366. The number of nitrogens with one attached hydrogen (secondary N) is 1. The van der Waals surface area contributed by atoms with Gasteiger partial charge < -0.3 is 11.1 Å². The summed E-state index contributed by atoms with van der Waals surface area (Å²) < 4.78 is 12.8. The van der Waals surface area contributed by atoms with Crippen molar-refractivity contribution in [3.05, 3.63) is 23.9 Å². The molecule has 3 N–H and O–H groups in total. The van der Waals surface area contributed by atoms with Gasteiger partial charge in [0.05, 0.1) is 0 Å². The predicted octanol–water partition coefficient (Wildman–Crippen LogP) is 1.58. The maximum Gasteiger partial charge on any atom is 0.241 e. The standard InChI is InChI=1S/C9H13FN4/c1-6(2)3-4-12-9-7(11)8(10)13-5-14-9/h3,5H,4,11H2,1-2H3,(H,12,13,14). The molecule has 1 rings (SSSR count). The third-order valence-corrected chi connectivity index (χ3v) is 1.62. The minimum atomic E-state index is -0.695. The number of nitrogens with zero attached hydrogens (tertiary/aromatic N) is 2. The number of anilines is 2. The topological polar surface area (TPSA) is 63.8 Å². The molecule has 0 atom stereocenters. The highest BCUT2D eigenvalue weighted by atomic mass is 19.1. The van der Waals surface area contributed by atoms with Gasteiger partial charge in [-0.3, -0.25) is 0 Å². The van der Waals surface area contributed by atoms with Gasteiger partial charge in [-0.1, -0.05) is 11.6 Å². The Hall–Kier alpha value is -1.65. The molecule has 0 aromatic carbocycles. The fourth-order valence-corrected chi connectivity index (χ4v) is 0.867. The highest BCUT2D eigenvalue weighted by Gasteiger charge is 2.05. The van der Waals surface area contributed by atoms with E-state index in [9.17, 15) is 4.39 Å². The molecule has 0 saturated heterocycles. The summed E-state index contributed by atoms with van der Waals surface area (Å²) in [5.41, 5.74) is 6.54. The zero-order valence-electron chi connectivity index (χ0n) is 8.21. The second kappa shape index (κ2) is 4.55. The highest BCUT2D eigenvalue weighted by Crippen LogP contribution is 2.15. The van der Waals surface area contributed by atoms with Gasteiger partial charge in [-0.25, -0.2) is 9.97 Å². The first-order chi connectivity index (χ1) is 6.61. The van der Waals surface area contributed by atoms with Crippen LogP contribution in [0.3, 0.4) is 0 Å². The smallest absolute Gasteiger partial charge is 0.241 e. The number of nitrogens with two attached hydrogens (primary N) is 1. The predicted molar refractivity (Wildman–Crippen MR) is 54.3 cm³/mol. The minimum absolute atomic E-state index is 0.0466. The molecule has 0 fully saturated rings. The van der Waals surface area contributed by atoms with Crippen LogP contribution in [-0.4, -0.2) is 16.5 Å². The molecule has 1 aromatic rings. The Morgan fingerprint density at radius 2 is 2.29 bits per heavy atom. The molecule has 1 aromatic heterocycles. The van der Waals surface area contributed by atoms with E-state index in [1.165, 1.54) is 5.57 Å². The number of aromatic nitrogens is 2. The molecular weight excluding hydrogens is 183 g/mol. The Morgan fingerprint density at radius 1 is 1.57 bits per heavy atom. The van der Waals surface area contributed by atoms with E-state index in [-0.39, 0.29) is 5.69 Å². The van der Waals surface area contributed by atoms with E-state index in [2.05, 4.69) is 15.3 Å². The van der Waals surface area contributed by atoms with Gasteiger partial charge in [0.25, 0.3) is 0 Å². The Bertz CT molecular complexity index is 345. The summed E-state index contributed by atoms with van der Waals surface area (Å²) >= 11 is 0. The van der Waals surface area contributed by atoms with E-state index in [4.69, 9.17) is 5.73 Å². The van der Waals surface area contributed by atoms with Crippen molar-refractivity contribution < 1.29 is 4.39 Å². The minimum Gasteiger partial charge on any atom is -0.392 e. The maximum atomic E-state index is 12.8. The second-order valence-corrected chi connectivity index (χ2v) is 3.09. The fraction of sp³-hybridized carbons (Fsp3) is 0.333. The largest absolute Gasteiger partial charge is 0.392 e. The molecule has 0 radical (unpaired) electrons. The lowest BCUT2D eigenvalue weighted by Crippen LogP contribution is -2.07. The van der Waals surface area contributed by atoms with Gasteiger partial charge in [-0.2, -0.15) is 4.39 Å². The van der Waals surface area contributed by atoms with Crippen molar-refractivity contribution in [2.45, 2.75) is 13.8 Å². The molecule has 4 nitrogen and oxygen atoms in total. The lowest BCUT2D eigenvalue weighted by Gasteiger charge is -2.05. The van der Waals surface area contributed by atoms with Gasteiger partial charge in [0, 0.05) is 6.54 Å². The number of allylic oxidation sites excluding steroid dienone is 1. The summed E-state index contributed by atoms with van der Waals surface area (Å²) in [6, 6.07) is 0. The van der Waals surface area contributed by atoms with E-state index in [0.717, 1.165) is 6.33 Å². The molecule has 0 saturated carbocycles. The van der Waals surface area contributed by atoms with Crippen LogP contribution in [0.5, 0.6) is 0 Å². The van der Waals surface area contributed by atoms with Crippen LogP contribution in [0.1, 0.15) is 13.8 Å². The summed E-state index contributed by atoms with van der Waals surface area (Å²) in [6.45, 7) is 4.53. The number of nitrogen functional groups attached to an aromatic ring is 1. The van der Waals surface area contributed by atoms with Crippen molar-refractivity contribution in [1.82, 2.24) is 9.97 Å². The molecule has 0 unspecified atom stereocenters. The molecule has 5 heteroatoms. The van der Waals surface area contributed by atoms with Crippen molar-refractivity contribution in [3.63, 3.8) is 0 Å². The number of halogens is 1.